The molecule has 3 radical (unpaired) electrons. The Morgan fingerprint density at radius 1 is 1.00 bits per heavy atom. The Labute approximate surface area is 104 Å². The molecule has 59 valence electrons. The fourth-order valence-corrected chi connectivity index (χ4v) is 0. The molecule has 0 N–H and O–H groups in total. The van der Waals surface area contributed by atoms with Gasteiger partial charge in [0.25, 0.3) is 0 Å². The Morgan fingerprint density at radius 2 is 1.11 bits per heavy atom. The minimum absolute atomic E-state index is 0. The van der Waals surface area contributed by atoms with Gasteiger partial charge in [0, 0.05) is 0 Å². The molecule has 0 aliphatic heterocycles. The summed E-state index contributed by atoms with van der Waals surface area (Å²) in [4.78, 5) is 0. The molecule has 0 spiro atoms. The molecular formula is C4H14Br3SiSn. The van der Waals surface area contributed by atoms with Crippen molar-refractivity contribution >= 4 is 81.5 Å². The summed E-state index contributed by atoms with van der Waals surface area (Å²) in [6, 6.07) is 0. The molecule has 0 aromatic carbocycles. The second-order valence-electron chi connectivity index (χ2n) is 2.74. The van der Waals surface area contributed by atoms with Crippen LogP contribution < -0.4 is 0 Å². The van der Waals surface area contributed by atoms with Gasteiger partial charge in [-0.25, -0.2) is 0 Å². The van der Waals surface area contributed by atoms with Crippen molar-refractivity contribution in [3.05, 3.63) is 0 Å². The normalized spacial score (nSPS) is 8.00. The van der Waals surface area contributed by atoms with E-state index < -0.39 is 8.07 Å². The zero-order valence-corrected chi connectivity index (χ0v) is 14.9. The van der Waals surface area contributed by atoms with Crippen molar-refractivity contribution in [1.82, 2.24) is 0 Å². The average Bonchev–Trinajstić information content (AvgIpc) is 1.35. The molecule has 0 fully saturated rings. The molecule has 0 nitrogen and oxygen atoms in total. The van der Waals surface area contributed by atoms with E-state index in [2.05, 4.69) is 19.6 Å². The van der Waals surface area contributed by atoms with Crippen LogP contribution in [0.3, 0.4) is 0 Å². The van der Waals surface area contributed by atoms with Crippen molar-refractivity contribution in [3.63, 3.8) is 0 Å². The Balaban J connectivity index is -0.0000000417. The molecule has 0 unspecified atom stereocenters. The Kier molecular flexibility index (Phi) is 26.2. The maximum atomic E-state index is 2.40. The summed E-state index contributed by atoms with van der Waals surface area (Å²) in [5.74, 6) is 0. The molecule has 0 amide bonds. The quantitative estimate of drug-likeness (QED) is 0.541. The van der Waals surface area contributed by atoms with Crippen LogP contribution >= 0.6 is 50.9 Å². The van der Waals surface area contributed by atoms with E-state index in [4.69, 9.17) is 0 Å². The first-order valence-electron chi connectivity index (χ1n) is 2.21. The van der Waals surface area contributed by atoms with Crippen LogP contribution in [0.25, 0.3) is 0 Å². The molecule has 0 rings (SSSR count). The van der Waals surface area contributed by atoms with Gasteiger partial charge in [-0.1, -0.05) is 0 Å². The number of rotatable bonds is 1. The van der Waals surface area contributed by atoms with Crippen LogP contribution in [0.4, 0.5) is 0 Å². The van der Waals surface area contributed by atoms with Gasteiger partial charge in [-0.15, -0.1) is 50.9 Å². The van der Waals surface area contributed by atoms with Crippen molar-refractivity contribution in [2.45, 2.75) is 23.7 Å². The average molecular weight is 449 g/mol. The second kappa shape index (κ2) is 10.5. The molecule has 0 aliphatic carbocycles. The SMILES string of the molecule is Br.Br.Br.C[Si](C)(C)[CH2][Sn]. The Bertz CT molecular complexity index is 45.6. The van der Waals surface area contributed by atoms with Crippen LogP contribution in [0.1, 0.15) is 0 Å². The van der Waals surface area contributed by atoms with Gasteiger partial charge in [-0.2, -0.15) is 0 Å². The van der Waals surface area contributed by atoms with Crippen LogP contribution in [-0.2, 0) is 0 Å². The summed E-state index contributed by atoms with van der Waals surface area (Å²) >= 11 is 1.71. The van der Waals surface area contributed by atoms with Crippen molar-refractivity contribution in [2.24, 2.45) is 0 Å². The van der Waals surface area contributed by atoms with Crippen LogP contribution in [0, 0.1) is 0 Å². The summed E-state index contributed by atoms with van der Waals surface area (Å²) in [5, 5.41) is 0. The maximum absolute atomic E-state index is 2.40. The van der Waals surface area contributed by atoms with Gasteiger partial charge in [-0.05, 0) is 0 Å². The predicted molar refractivity (Wildman–Crippen MR) is 64.9 cm³/mol. The molecular weight excluding hydrogens is 435 g/mol. The van der Waals surface area contributed by atoms with E-state index in [1.165, 1.54) is 4.06 Å². The van der Waals surface area contributed by atoms with Crippen LogP contribution in [0.2, 0.25) is 23.7 Å². The Hall–Kier alpha value is 2.46. The third-order valence-electron chi connectivity index (χ3n) is 0.530. The van der Waals surface area contributed by atoms with Gasteiger partial charge in [0.05, 0.1) is 0 Å². The molecule has 0 aromatic rings. The first kappa shape index (κ1) is 22.5. The van der Waals surface area contributed by atoms with Gasteiger partial charge < -0.3 is 0 Å². The fourth-order valence-electron chi connectivity index (χ4n) is 0. The standard InChI is InChI=1S/C4H11Si.3BrH.Sn/c1-5(2,3)4;;;;/h1H2,2-4H3;3*1H;. The molecule has 0 bridgehead atoms. The third kappa shape index (κ3) is 25.1. The van der Waals surface area contributed by atoms with Crippen LogP contribution in [0.5, 0.6) is 0 Å². The first-order valence-corrected chi connectivity index (χ1v) is 7.93. The van der Waals surface area contributed by atoms with Gasteiger partial charge in [0.2, 0.25) is 0 Å². The number of halogens is 3. The molecule has 0 saturated heterocycles. The summed E-state index contributed by atoms with van der Waals surface area (Å²) in [6.45, 7) is 7.21. The van der Waals surface area contributed by atoms with Gasteiger partial charge in [0.15, 0.2) is 0 Å². The summed E-state index contributed by atoms with van der Waals surface area (Å²) < 4.78 is 1.50. The van der Waals surface area contributed by atoms with Gasteiger partial charge in [-0.3, -0.25) is 0 Å². The minimum atomic E-state index is -0.591. The first-order chi connectivity index (χ1) is 2.56. The zero-order chi connectivity index (χ0) is 5.21. The number of hydrogen-bond donors (Lipinski definition) is 0. The van der Waals surface area contributed by atoms with Crippen LogP contribution in [-0.4, -0.2) is 30.6 Å². The fraction of sp³-hybridized carbons (Fsp3) is 1.00. The molecule has 0 saturated carbocycles. The predicted octanol–water partition coefficient (Wildman–Crippen LogP) is 3.18. The van der Waals surface area contributed by atoms with Crippen molar-refractivity contribution in [2.75, 3.05) is 0 Å². The van der Waals surface area contributed by atoms with Crippen molar-refractivity contribution in [1.29, 1.82) is 0 Å². The van der Waals surface area contributed by atoms with E-state index in [1.54, 1.807) is 22.5 Å². The Morgan fingerprint density at radius 3 is 1.11 bits per heavy atom. The van der Waals surface area contributed by atoms with E-state index in [0.29, 0.717) is 0 Å². The molecule has 0 heterocycles. The molecule has 0 aliphatic rings. The van der Waals surface area contributed by atoms with E-state index in [1.807, 2.05) is 0 Å². The monoisotopic (exact) mass is 447 g/mol. The second-order valence-corrected chi connectivity index (χ2v) is 11.2. The summed E-state index contributed by atoms with van der Waals surface area (Å²) in [6.07, 6.45) is 0. The summed E-state index contributed by atoms with van der Waals surface area (Å²) in [7, 11) is -0.591. The zero-order valence-electron chi connectivity index (χ0n) is 5.93. The third-order valence-corrected chi connectivity index (χ3v) is 10.7. The number of hydrogen-bond acceptors (Lipinski definition) is 0. The van der Waals surface area contributed by atoms with E-state index >= 15 is 0 Å². The van der Waals surface area contributed by atoms with E-state index in [9.17, 15) is 0 Å². The van der Waals surface area contributed by atoms with Gasteiger partial charge >= 0.3 is 54.3 Å². The van der Waals surface area contributed by atoms with E-state index in [0.717, 1.165) is 0 Å². The molecule has 5 heteroatoms. The summed E-state index contributed by atoms with van der Waals surface area (Å²) in [5.41, 5.74) is 0. The topological polar surface area (TPSA) is 0 Å². The van der Waals surface area contributed by atoms with E-state index in [-0.39, 0.29) is 50.9 Å². The van der Waals surface area contributed by atoms with Crippen molar-refractivity contribution < 1.29 is 0 Å². The van der Waals surface area contributed by atoms with Crippen LogP contribution in [0.15, 0.2) is 0 Å². The molecule has 0 aromatic heterocycles. The van der Waals surface area contributed by atoms with Gasteiger partial charge in [0.1, 0.15) is 0 Å². The molecule has 0 atom stereocenters. The van der Waals surface area contributed by atoms with Crippen molar-refractivity contribution in [3.8, 4) is 0 Å². The molecule has 9 heavy (non-hydrogen) atoms.